The van der Waals surface area contributed by atoms with Crippen LogP contribution in [-0.4, -0.2) is 25.1 Å². The van der Waals surface area contributed by atoms with Gasteiger partial charge in [0.2, 0.25) is 0 Å². The Balaban J connectivity index is 1.93. The largest absolute Gasteiger partial charge is 0.396 e. The van der Waals surface area contributed by atoms with Crippen molar-refractivity contribution < 1.29 is 13.5 Å². The zero-order valence-corrected chi connectivity index (χ0v) is 15.5. The van der Waals surface area contributed by atoms with Gasteiger partial charge in [-0.15, -0.1) is 0 Å². The van der Waals surface area contributed by atoms with Gasteiger partial charge < -0.3 is 5.11 Å². The lowest BCUT2D eigenvalue weighted by atomic mass is 10.1. The quantitative estimate of drug-likeness (QED) is 0.622. The third kappa shape index (κ3) is 4.20. The summed E-state index contributed by atoms with van der Waals surface area (Å²) in [4.78, 5) is 4.85. The molecule has 0 unspecified atom stereocenters. The molecule has 0 aliphatic heterocycles. The van der Waals surface area contributed by atoms with Gasteiger partial charge in [0.1, 0.15) is 0 Å². The molecule has 2 N–H and O–H groups in total. The zero-order valence-electron chi connectivity index (χ0n) is 14.6. The van der Waals surface area contributed by atoms with Crippen LogP contribution in [0.2, 0.25) is 0 Å². The Bertz CT molecular complexity index is 999. The summed E-state index contributed by atoms with van der Waals surface area (Å²) >= 11 is 0. The minimum absolute atomic E-state index is 0.162. The van der Waals surface area contributed by atoms with E-state index < -0.39 is 10.0 Å². The number of aliphatic hydroxyl groups excluding tert-OH is 1. The van der Waals surface area contributed by atoms with E-state index in [0.717, 1.165) is 35.9 Å². The van der Waals surface area contributed by atoms with Crippen LogP contribution in [0, 0.1) is 6.92 Å². The maximum absolute atomic E-state index is 12.7. The normalized spacial score (nSPS) is 11.6. The number of para-hydroxylation sites is 1. The molecule has 0 fully saturated rings. The van der Waals surface area contributed by atoms with Crippen molar-refractivity contribution in [1.29, 1.82) is 0 Å². The van der Waals surface area contributed by atoms with E-state index in [-0.39, 0.29) is 11.5 Å². The molecule has 0 amide bonds. The number of aryl methyl sites for hydroxylation is 2. The van der Waals surface area contributed by atoms with E-state index in [9.17, 15) is 8.42 Å². The number of anilines is 1. The van der Waals surface area contributed by atoms with E-state index in [1.54, 1.807) is 30.3 Å². The van der Waals surface area contributed by atoms with Gasteiger partial charge in [-0.1, -0.05) is 35.9 Å². The maximum atomic E-state index is 12.7. The molecule has 0 aliphatic carbocycles. The molecule has 0 atom stereocenters. The number of nitrogens with zero attached hydrogens (tertiary/aromatic N) is 1. The molecule has 3 rings (SSSR count). The summed E-state index contributed by atoms with van der Waals surface area (Å²) in [6, 6.07) is 16.1. The molecule has 2 aromatic carbocycles. The Kier molecular flexibility index (Phi) is 5.54. The van der Waals surface area contributed by atoms with Crippen molar-refractivity contribution in [2.24, 2.45) is 0 Å². The average Bonchev–Trinajstić information content (AvgIpc) is 2.62. The molecular formula is C20H22N2O3S. The van der Waals surface area contributed by atoms with E-state index in [4.69, 9.17) is 5.11 Å². The van der Waals surface area contributed by atoms with E-state index in [2.05, 4.69) is 9.71 Å². The van der Waals surface area contributed by atoms with Crippen molar-refractivity contribution in [2.45, 2.75) is 31.1 Å². The lowest BCUT2D eigenvalue weighted by Gasteiger charge is -2.11. The van der Waals surface area contributed by atoms with Gasteiger partial charge >= 0.3 is 0 Å². The van der Waals surface area contributed by atoms with E-state index >= 15 is 0 Å². The summed E-state index contributed by atoms with van der Waals surface area (Å²) < 4.78 is 28.0. The van der Waals surface area contributed by atoms with Crippen LogP contribution in [0.4, 0.5) is 5.69 Å². The lowest BCUT2D eigenvalue weighted by molar-refractivity contribution is 0.284. The van der Waals surface area contributed by atoms with Gasteiger partial charge in [-0.3, -0.25) is 9.71 Å². The Hall–Kier alpha value is -2.44. The number of benzene rings is 2. The second kappa shape index (κ2) is 7.85. The topological polar surface area (TPSA) is 79.3 Å². The van der Waals surface area contributed by atoms with Gasteiger partial charge in [-0.05, 0) is 50.5 Å². The predicted octanol–water partition coefficient (Wildman–Crippen LogP) is 3.66. The molecule has 5 nitrogen and oxygen atoms in total. The van der Waals surface area contributed by atoms with Crippen molar-refractivity contribution >= 4 is 26.6 Å². The molecule has 3 aromatic rings. The third-order valence-corrected chi connectivity index (χ3v) is 5.58. The zero-order chi connectivity index (χ0) is 18.6. The Morgan fingerprint density at radius 3 is 2.50 bits per heavy atom. The Morgan fingerprint density at radius 1 is 1.00 bits per heavy atom. The summed E-state index contributed by atoms with van der Waals surface area (Å²) in [5, 5.41) is 9.79. The Morgan fingerprint density at radius 2 is 1.77 bits per heavy atom. The van der Waals surface area contributed by atoms with Crippen molar-refractivity contribution in [3.05, 3.63) is 65.9 Å². The molecule has 0 saturated carbocycles. The first kappa shape index (κ1) is 18.4. The highest BCUT2D eigenvalue weighted by atomic mass is 32.2. The van der Waals surface area contributed by atoms with Gasteiger partial charge in [-0.2, -0.15) is 0 Å². The van der Waals surface area contributed by atoms with E-state index in [1.807, 2.05) is 31.2 Å². The monoisotopic (exact) mass is 370 g/mol. The molecule has 0 saturated heterocycles. The highest BCUT2D eigenvalue weighted by Gasteiger charge is 2.16. The second-order valence-corrected chi connectivity index (χ2v) is 7.96. The third-order valence-electron chi connectivity index (χ3n) is 4.19. The number of hydrogen-bond acceptors (Lipinski definition) is 4. The number of aromatic nitrogens is 1. The number of fused-ring (bicyclic) bond motifs is 1. The van der Waals surface area contributed by atoms with Crippen molar-refractivity contribution in [3.63, 3.8) is 0 Å². The van der Waals surface area contributed by atoms with Crippen LogP contribution in [0.1, 0.15) is 24.1 Å². The molecule has 0 bridgehead atoms. The molecule has 0 spiro atoms. The number of pyridine rings is 1. The van der Waals surface area contributed by atoms with Crippen LogP contribution < -0.4 is 4.72 Å². The first-order valence-electron chi connectivity index (χ1n) is 8.58. The minimum Gasteiger partial charge on any atom is -0.396 e. The standard InChI is InChI=1S/C20H22N2O3S/c1-15-8-12-18(13-9-15)26(24,25)22-19-7-4-5-16-10-11-17(21-20(16)19)6-2-3-14-23/h4-5,7-13,22-23H,2-3,6,14H2,1H3. The molecule has 136 valence electrons. The van der Waals surface area contributed by atoms with Crippen LogP contribution in [0.3, 0.4) is 0 Å². The number of aliphatic hydroxyl groups is 1. The van der Waals surface area contributed by atoms with Crippen LogP contribution in [0.5, 0.6) is 0 Å². The lowest BCUT2D eigenvalue weighted by Crippen LogP contribution is -2.13. The van der Waals surface area contributed by atoms with Crippen LogP contribution in [0.15, 0.2) is 59.5 Å². The highest BCUT2D eigenvalue weighted by molar-refractivity contribution is 7.92. The van der Waals surface area contributed by atoms with Gasteiger partial charge in [-0.25, -0.2) is 8.42 Å². The molecule has 1 heterocycles. The van der Waals surface area contributed by atoms with Gasteiger partial charge in [0, 0.05) is 17.7 Å². The molecule has 6 heteroatoms. The summed E-state index contributed by atoms with van der Waals surface area (Å²) in [6.07, 6.45) is 2.31. The van der Waals surface area contributed by atoms with Crippen molar-refractivity contribution in [3.8, 4) is 0 Å². The first-order chi connectivity index (χ1) is 12.5. The fourth-order valence-electron chi connectivity index (χ4n) is 2.75. The molecular weight excluding hydrogens is 348 g/mol. The van der Waals surface area contributed by atoms with Crippen LogP contribution in [-0.2, 0) is 16.4 Å². The SMILES string of the molecule is Cc1ccc(S(=O)(=O)Nc2cccc3ccc(CCCCO)nc23)cc1. The van der Waals surface area contributed by atoms with Crippen LogP contribution in [0.25, 0.3) is 10.9 Å². The first-order valence-corrected chi connectivity index (χ1v) is 10.1. The second-order valence-electron chi connectivity index (χ2n) is 6.28. The van der Waals surface area contributed by atoms with Gasteiger partial charge in [0.15, 0.2) is 0 Å². The molecule has 0 radical (unpaired) electrons. The van der Waals surface area contributed by atoms with Crippen molar-refractivity contribution in [1.82, 2.24) is 4.98 Å². The minimum atomic E-state index is -3.68. The molecule has 0 aliphatic rings. The summed E-state index contributed by atoms with van der Waals surface area (Å²) in [5.74, 6) is 0. The fraction of sp³-hybridized carbons (Fsp3) is 0.250. The predicted molar refractivity (Wildman–Crippen MR) is 104 cm³/mol. The molecule has 1 aromatic heterocycles. The Labute approximate surface area is 153 Å². The van der Waals surface area contributed by atoms with Gasteiger partial charge in [0.05, 0.1) is 16.1 Å². The highest BCUT2D eigenvalue weighted by Crippen LogP contribution is 2.25. The maximum Gasteiger partial charge on any atom is 0.261 e. The number of hydrogen-bond donors (Lipinski definition) is 2. The smallest absolute Gasteiger partial charge is 0.261 e. The number of rotatable bonds is 7. The van der Waals surface area contributed by atoms with E-state index in [0.29, 0.717) is 11.2 Å². The fourth-order valence-corrected chi connectivity index (χ4v) is 3.81. The molecule has 26 heavy (non-hydrogen) atoms. The summed E-state index contributed by atoms with van der Waals surface area (Å²) in [6.45, 7) is 2.08. The van der Waals surface area contributed by atoms with Crippen molar-refractivity contribution in [2.75, 3.05) is 11.3 Å². The van der Waals surface area contributed by atoms with E-state index in [1.165, 1.54) is 0 Å². The summed E-state index contributed by atoms with van der Waals surface area (Å²) in [5.41, 5.74) is 2.98. The average molecular weight is 370 g/mol. The summed E-state index contributed by atoms with van der Waals surface area (Å²) in [7, 11) is -3.68. The van der Waals surface area contributed by atoms with Crippen LogP contribution >= 0.6 is 0 Å². The van der Waals surface area contributed by atoms with Gasteiger partial charge in [0.25, 0.3) is 10.0 Å². The number of sulfonamides is 1. The number of unbranched alkanes of at least 4 members (excludes halogenated alkanes) is 1. The number of nitrogens with one attached hydrogen (secondary N) is 1.